The van der Waals surface area contributed by atoms with Crippen molar-refractivity contribution in [3.63, 3.8) is 0 Å². The Morgan fingerprint density at radius 2 is 1.81 bits per heavy atom. The van der Waals surface area contributed by atoms with Crippen LogP contribution in [0.5, 0.6) is 0 Å². The fraction of sp³-hybridized carbons (Fsp3) is 0.643. The Morgan fingerprint density at radius 1 is 1.16 bits per heavy atom. The van der Waals surface area contributed by atoms with Gasteiger partial charge in [0.2, 0.25) is 0 Å². The fourth-order valence-corrected chi connectivity index (χ4v) is 5.07. The minimum absolute atomic E-state index is 0.0506. The predicted molar refractivity (Wildman–Crippen MR) is 128 cm³/mol. The number of fused-ring (bicyclic) bond motifs is 1. The second-order valence-corrected chi connectivity index (χ2v) is 11.7. The Hall–Kier alpha value is -2.10. The van der Waals surface area contributed by atoms with Gasteiger partial charge < -0.3 is 9.84 Å². The van der Waals surface area contributed by atoms with Gasteiger partial charge in [0.15, 0.2) is 11.6 Å². The number of allylic oxidation sites excluding steroid dienone is 6. The predicted octanol–water partition coefficient (Wildman–Crippen LogP) is 6.78. The zero-order valence-electron chi connectivity index (χ0n) is 21.1. The molecule has 2 aliphatic carbocycles. The van der Waals surface area contributed by atoms with Crippen molar-refractivity contribution in [2.45, 2.75) is 93.1 Å². The van der Waals surface area contributed by atoms with Gasteiger partial charge in [0, 0.05) is 23.8 Å². The number of ether oxygens (including phenoxy) is 1. The highest BCUT2D eigenvalue weighted by atomic mass is 16.5. The molecule has 0 aromatic rings. The molecular weight excluding hydrogens is 400 g/mol. The van der Waals surface area contributed by atoms with Crippen molar-refractivity contribution in [2.24, 2.45) is 22.7 Å². The van der Waals surface area contributed by atoms with E-state index >= 15 is 0 Å². The molecule has 0 saturated heterocycles. The van der Waals surface area contributed by atoms with Gasteiger partial charge >= 0.3 is 0 Å². The first kappa shape index (κ1) is 24.5. The fourth-order valence-electron chi connectivity index (χ4n) is 5.07. The summed E-state index contributed by atoms with van der Waals surface area (Å²) in [5.74, 6) is -0.467. The third kappa shape index (κ3) is 4.38. The van der Waals surface area contributed by atoms with E-state index in [9.17, 15) is 14.7 Å². The largest absolute Gasteiger partial charge is 0.507 e. The number of carbonyl (C=O) groups is 2. The van der Waals surface area contributed by atoms with Crippen molar-refractivity contribution in [3.05, 3.63) is 46.5 Å². The monoisotopic (exact) mass is 440 g/mol. The summed E-state index contributed by atoms with van der Waals surface area (Å²) in [5.41, 5.74) is 0.565. The van der Waals surface area contributed by atoms with Crippen LogP contribution in [-0.2, 0) is 14.3 Å². The van der Waals surface area contributed by atoms with E-state index in [1.54, 1.807) is 13.8 Å². The molecule has 0 saturated carbocycles. The maximum absolute atomic E-state index is 13.3. The van der Waals surface area contributed by atoms with Crippen molar-refractivity contribution in [1.82, 2.24) is 0 Å². The molecule has 32 heavy (non-hydrogen) atoms. The number of hydrogen-bond donors (Lipinski definition) is 1. The second kappa shape index (κ2) is 8.35. The molecule has 0 aromatic heterocycles. The van der Waals surface area contributed by atoms with E-state index in [0.29, 0.717) is 17.8 Å². The molecule has 1 heterocycles. The van der Waals surface area contributed by atoms with E-state index in [-0.39, 0.29) is 40.1 Å². The van der Waals surface area contributed by atoms with Gasteiger partial charge in [-0.3, -0.25) is 9.59 Å². The maximum Gasteiger partial charge on any atom is 0.183 e. The highest BCUT2D eigenvalue weighted by Crippen LogP contribution is 2.52. The van der Waals surface area contributed by atoms with Crippen molar-refractivity contribution in [3.8, 4) is 0 Å². The van der Waals surface area contributed by atoms with E-state index < -0.39 is 11.0 Å². The standard InChI is InChI=1S/C28H40O4/c1-17(2)22(29)21-23(30)20-16-19-11-10-18(3)12-15-26(4,5)13-9-14-28(19,8)32-25(20)27(6,7)24(21)31/h9,12-13,17,19,30H,10-11,14-16H2,1-8H3/b13-9+,18-12+/t19-,28+/m1/s1. The van der Waals surface area contributed by atoms with Crippen LogP contribution >= 0.6 is 0 Å². The van der Waals surface area contributed by atoms with E-state index in [1.165, 1.54) is 5.57 Å². The van der Waals surface area contributed by atoms with Crippen LogP contribution in [0.25, 0.3) is 0 Å². The first-order valence-electron chi connectivity index (χ1n) is 12.0. The molecule has 4 heteroatoms. The van der Waals surface area contributed by atoms with Gasteiger partial charge in [0.1, 0.15) is 22.7 Å². The SMILES string of the molecule is C/C1=C\CC(C)(C)/C=C/C[C@]2(C)OC3=C(C[C@H]2CC1)C(O)=C(C(=O)C(C)C)C(=O)C3(C)C. The molecule has 176 valence electrons. The summed E-state index contributed by atoms with van der Waals surface area (Å²) < 4.78 is 6.69. The number of aliphatic hydroxyl groups is 1. The summed E-state index contributed by atoms with van der Waals surface area (Å²) in [6.45, 7) is 15.9. The summed E-state index contributed by atoms with van der Waals surface area (Å²) in [4.78, 5) is 26.2. The lowest BCUT2D eigenvalue weighted by atomic mass is 9.67. The van der Waals surface area contributed by atoms with E-state index in [4.69, 9.17) is 4.74 Å². The molecule has 3 rings (SSSR count). The quantitative estimate of drug-likeness (QED) is 0.379. The summed E-state index contributed by atoms with van der Waals surface area (Å²) in [6.07, 6.45) is 11.1. The third-order valence-corrected chi connectivity index (χ3v) is 7.54. The molecular formula is C28H40O4. The number of Topliss-reactive ketones (excluding diaryl/α,β-unsaturated/α-hetero) is 2. The zero-order valence-corrected chi connectivity index (χ0v) is 21.1. The molecule has 0 aromatic carbocycles. The number of aliphatic hydroxyl groups excluding tert-OH is 1. The van der Waals surface area contributed by atoms with Crippen LogP contribution in [0.1, 0.15) is 87.5 Å². The minimum atomic E-state index is -0.986. The second-order valence-electron chi connectivity index (χ2n) is 11.7. The Labute approximate surface area is 193 Å². The van der Waals surface area contributed by atoms with Crippen LogP contribution in [0.3, 0.4) is 0 Å². The first-order valence-corrected chi connectivity index (χ1v) is 12.0. The van der Waals surface area contributed by atoms with Crippen molar-refractivity contribution >= 4 is 11.6 Å². The van der Waals surface area contributed by atoms with Crippen molar-refractivity contribution in [2.75, 3.05) is 0 Å². The highest BCUT2D eigenvalue weighted by molar-refractivity contribution is 6.24. The Kier molecular flexibility index (Phi) is 6.40. The minimum Gasteiger partial charge on any atom is -0.507 e. The molecule has 0 unspecified atom stereocenters. The van der Waals surface area contributed by atoms with E-state index in [2.05, 4.69) is 45.9 Å². The smallest absolute Gasteiger partial charge is 0.183 e. The van der Waals surface area contributed by atoms with Gasteiger partial charge in [-0.15, -0.1) is 0 Å². The lowest BCUT2D eigenvalue weighted by Crippen LogP contribution is -2.48. The Balaban J connectivity index is 2.10. The van der Waals surface area contributed by atoms with Gasteiger partial charge in [-0.2, -0.15) is 0 Å². The van der Waals surface area contributed by atoms with E-state index in [1.807, 2.05) is 13.8 Å². The van der Waals surface area contributed by atoms with Crippen LogP contribution in [-0.4, -0.2) is 22.3 Å². The third-order valence-electron chi connectivity index (χ3n) is 7.54. The molecule has 0 fully saturated rings. The summed E-state index contributed by atoms with van der Waals surface area (Å²) in [6, 6.07) is 0. The molecule has 0 bridgehead atoms. The van der Waals surface area contributed by atoms with Gasteiger partial charge in [-0.25, -0.2) is 0 Å². The average molecular weight is 441 g/mol. The van der Waals surface area contributed by atoms with Crippen LogP contribution in [0, 0.1) is 22.7 Å². The molecule has 0 amide bonds. The molecule has 0 spiro atoms. The zero-order chi connectivity index (χ0) is 24.1. The summed E-state index contributed by atoms with van der Waals surface area (Å²) >= 11 is 0. The van der Waals surface area contributed by atoms with Crippen molar-refractivity contribution < 1.29 is 19.4 Å². The lowest BCUT2D eigenvalue weighted by Gasteiger charge is -2.48. The highest BCUT2D eigenvalue weighted by Gasteiger charge is 2.52. The number of hydrogen-bond acceptors (Lipinski definition) is 4. The molecule has 4 nitrogen and oxygen atoms in total. The van der Waals surface area contributed by atoms with Crippen molar-refractivity contribution in [1.29, 1.82) is 0 Å². The molecule has 0 radical (unpaired) electrons. The number of rotatable bonds is 2. The average Bonchev–Trinajstić information content (AvgIpc) is 2.71. The lowest BCUT2D eigenvalue weighted by molar-refractivity contribution is -0.132. The van der Waals surface area contributed by atoms with Crippen LogP contribution in [0.15, 0.2) is 46.5 Å². The van der Waals surface area contributed by atoms with Gasteiger partial charge in [0.25, 0.3) is 0 Å². The number of carbonyl (C=O) groups excluding carboxylic acids is 2. The molecule has 3 aliphatic rings. The van der Waals surface area contributed by atoms with Crippen LogP contribution < -0.4 is 0 Å². The van der Waals surface area contributed by atoms with Gasteiger partial charge in [-0.05, 0) is 58.8 Å². The molecule has 1 N–H and O–H groups in total. The topological polar surface area (TPSA) is 63.6 Å². The molecule has 1 aliphatic heterocycles. The van der Waals surface area contributed by atoms with E-state index in [0.717, 1.165) is 25.7 Å². The summed E-state index contributed by atoms with van der Waals surface area (Å²) in [5, 5.41) is 11.1. The van der Waals surface area contributed by atoms with Gasteiger partial charge in [-0.1, -0.05) is 51.5 Å². The normalized spacial score (nSPS) is 32.8. The summed E-state index contributed by atoms with van der Waals surface area (Å²) in [7, 11) is 0. The Morgan fingerprint density at radius 3 is 2.44 bits per heavy atom. The maximum atomic E-state index is 13.3. The van der Waals surface area contributed by atoms with Crippen LogP contribution in [0.4, 0.5) is 0 Å². The number of ketones is 2. The first-order chi connectivity index (χ1) is 14.7. The molecule has 2 atom stereocenters. The van der Waals surface area contributed by atoms with Gasteiger partial charge in [0.05, 0.1) is 5.41 Å². The Bertz CT molecular complexity index is 938. The van der Waals surface area contributed by atoms with Crippen LogP contribution in [0.2, 0.25) is 0 Å².